The molecule has 0 atom stereocenters. The molecule has 0 aromatic carbocycles. The van der Waals surface area contributed by atoms with Gasteiger partial charge >= 0.3 is 0 Å². The first-order valence-electron chi connectivity index (χ1n) is 5.89. The van der Waals surface area contributed by atoms with Crippen molar-refractivity contribution in [2.24, 2.45) is 5.41 Å². The summed E-state index contributed by atoms with van der Waals surface area (Å²) in [6, 6.07) is 0. The van der Waals surface area contributed by atoms with E-state index >= 15 is 0 Å². The second-order valence-corrected chi connectivity index (χ2v) is 1.20. The van der Waals surface area contributed by atoms with Crippen LogP contribution in [-0.4, -0.2) is 46.7 Å². The zero-order valence-corrected chi connectivity index (χ0v) is 4.29. The van der Waals surface area contributed by atoms with Crippen LogP contribution in [0.5, 0.6) is 0 Å². The Morgan fingerprint density at radius 1 is 0.889 bits per heavy atom. The van der Waals surface area contributed by atoms with Gasteiger partial charge in [0.2, 0.25) is 0 Å². The molecule has 0 rings (SSSR count). The molecule has 0 aliphatic carbocycles. The highest BCUT2D eigenvalue weighted by molar-refractivity contribution is 4.74. The van der Waals surface area contributed by atoms with Crippen molar-refractivity contribution in [3.63, 3.8) is 0 Å². The quantitative estimate of drug-likeness (QED) is 0.366. The fourth-order valence-electron chi connectivity index (χ4n) is 0.150. The Morgan fingerprint density at radius 3 is 1.11 bits per heavy atom. The monoisotopic (exact) mass is 144 g/mol. The lowest BCUT2D eigenvalue weighted by Gasteiger charge is -2.23. The van der Waals surface area contributed by atoms with Gasteiger partial charge in [-0.1, -0.05) is 0 Å². The lowest BCUT2D eigenvalue weighted by molar-refractivity contribution is -0.0328. The molecule has 0 aromatic heterocycles. The van der Waals surface area contributed by atoms with Crippen LogP contribution >= 0.6 is 0 Å². The van der Waals surface area contributed by atoms with E-state index < -0.39 is 31.7 Å². The van der Waals surface area contributed by atoms with Crippen molar-refractivity contribution in [2.45, 2.75) is 0 Å². The molecule has 0 fully saturated rings. The van der Waals surface area contributed by atoms with Crippen LogP contribution < -0.4 is 0 Å². The van der Waals surface area contributed by atoms with Crippen LogP contribution in [0.15, 0.2) is 0 Å². The summed E-state index contributed by atoms with van der Waals surface area (Å²) >= 11 is 0. The fourth-order valence-corrected chi connectivity index (χ4v) is 0.150. The number of rotatable bonds is 4. The van der Waals surface area contributed by atoms with Gasteiger partial charge < -0.3 is 20.4 Å². The van der Waals surface area contributed by atoms with Crippen molar-refractivity contribution in [3.8, 4) is 0 Å². The largest absolute Gasteiger partial charge is 0.396 e. The number of hydrogen-bond acceptors (Lipinski definition) is 4. The van der Waals surface area contributed by atoms with E-state index in [-0.39, 0.29) is 0 Å². The second-order valence-electron chi connectivity index (χ2n) is 1.20. The molecule has 0 saturated heterocycles. The molecule has 4 N–H and O–H groups in total. The summed E-state index contributed by atoms with van der Waals surface area (Å²) in [6.07, 6.45) is 0. The standard InChI is InChI=1S/C5H12O4/c6-1-5(2-7,3-8)4-9/h6-9H,1-4H2/i1D2,2D2,3D2,4D2. The van der Waals surface area contributed by atoms with Gasteiger partial charge in [-0.3, -0.25) is 0 Å². The van der Waals surface area contributed by atoms with Gasteiger partial charge in [0.05, 0.1) is 42.6 Å². The Hall–Kier alpha value is -0.160. The highest BCUT2D eigenvalue weighted by Gasteiger charge is 2.26. The summed E-state index contributed by atoms with van der Waals surface area (Å²) in [4.78, 5) is 0. The third-order valence-corrected chi connectivity index (χ3v) is 0.671. The Bertz CT molecular complexity index is 219. The van der Waals surface area contributed by atoms with Crippen LogP contribution in [0.3, 0.4) is 0 Å². The van der Waals surface area contributed by atoms with Crippen molar-refractivity contribution < 1.29 is 31.4 Å². The summed E-state index contributed by atoms with van der Waals surface area (Å²) in [5.74, 6) is 0. The highest BCUT2D eigenvalue weighted by Crippen LogP contribution is 2.11. The van der Waals surface area contributed by atoms with Gasteiger partial charge in [0.25, 0.3) is 0 Å². The van der Waals surface area contributed by atoms with Crippen LogP contribution in [-0.2, 0) is 0 Å². The van der Waals surface area contributed by atoms with E-state index in [1.807, 2.05) is 0 Å². The molecule has 0 aliphatic rings. The van der Waals surface area contributed by atoms with E-state index in [1.54, 1.807) is 0 Å². The molecule has 0 spiro atoms. The minimum absolute atomic E-state index is 4.11. The Morgan fingerprint density at radius 2 is 1.11 bits per heavy atom. The van der Waals surface area contributed by atoms with Crippen molar-refractivity contribution in [1.29, 1.82) is 0 Å². The van der Waals surface area contributed by atoms with E-state index in [0.29, 0.717) is 0 Å². The summed E-state index contributed by atoms with van der Waals surface area (Å²) in [5, 5.41) is 36.3. The first-order valence-corrected chi connectivity index (χ1v) is 1.89. The lowest BCUT2D eigenvalue weighted by Crippen LogP contribution is -2.37. The first-order chi connectivity index (χ1) is 7.00. The van der Waals surface area contributed by atoms with Gasteiger partial charge in [0, 0.05) is 0 Å². The SMILES string of the molecule is [2H]C([2H])(O)C(C([2H])([2H])O)(C([2H])([2H])O)C([2H])([2H])O. The van der Waals surface area contributed by atoms with Crippen LogP contribution in [0.25, 0.3) is 0 Å². The third kappa shape index (κ3) is 1.91. The van der Waals surface area contributed by atoms with E-state index in [1.165, 1.54) is 0 Å². The van der Waals surface area contributed by atoms with Gasteiger partial charge in [-0.2, -0.15) is 0 Å². The lowest BCUT2D eigenvalue weighted by atomic mass is 9.93. The Labute approximate surface area is 64.6 Å². The van der Waals surface area contributed by atoms with Crippen LogP contribution in [0.4, 0.5) is 0 Å². The molecule has 0 unspecified atom stereocenters. The smallest absolute Gasteiger partial charge is 0.0627 e. The molecule has 56 valence electrons. The van der Waals surface area contributed by atoms with E-state index in [4.69, 9.17) is 31.4 Å². The van der Waals surface area contributed by atoms with E-state index in [9.17, 15) is 0 Å². The van der Waals surface area contributed by atoms with Crippen molar-refractivity contribution >= 4 is 0 Å². The second kappa shape index (κ2) is 3.79. The predicted octanol–water partition coefficient (Wildman–Crippen LogP) is -2.06. The normalized spacial score (nSPS) is 31.6. The van der Waals surface area contributed by atoms with Crippen LogP contribution in [0, 0.1) is 5.41 Å². The molecule has 0 aliphatic heterocycles. The number of aliphatic hydroxyl groups is 4. The summed E-state index contributed by atoms with van der Waals surface area (Å²) in [7, 11) is 0. The average Bonchev–Trinajstić information content (AvgIpc) is 1.67. The molecule has 0 heterocycles. The Balaban J connectivity index is 6.37. The highest BCUT2D eigenvalue weighted by atomic mass is 16.3. The van der Waals surface area contributed by atoms with Gasteiger partial charge in [-0.25, -0.2) is 0 Å². The molecular weight excluding hydrogens is 124 g/mol. The fraction of sp³-hybridized carbons (Fsp3) is 1.00. The van der Waals surface area contributed by atoms with Crippen LogP contribution in [0.2, 0.25) is 0 Å². The molecule has 9 heavy (non-hydrogen) atoms. The maximum Gasteiger partial charge on any atom is 0.0627 e. The maximum absolute atomic E-state index is 9.07. The number of hydrogen-bond donors (Lipinski definition) is 4. The average molecular weight is 144 g/mol. The van der Waals surface area contributed by atoms with Gasteiger partial charge in [0.15, 0.2) is 0 Å². The zero-order chi connectivity index (χ0) is 14.5. The molecule has 4 heteroatoms. The third-order valence-electron chi connectivity index (χ3n) is 0.671. The van der Waals surface area contributed by atoms with E-state index in [2.05, 4.69) is 0 Å². The summed E-state index contributed by atoms with van der Waals surface area (Å²) in [5.41, 5.74) is -4.19. The van der Waals surface area contributed by atoms with Gasteiger partial charge in [0.1, 0.15) is 0 Å². The topological polar surface area (TPSA) is 80.9 Å². The van der Waals surface area contributed by atoms with Crippen molar-refractivity contribution in [1.82, 2.24) is 0 Å². The van der Waals surface area contributed by atoms with Crippen molar-refractivity contribution in [3.05, 3.63) is 0 Å². The summed E-state index contributed by atoms with van der Waals surface area (Å²) in [6.45, 7) is -16.4. The zero-order valence-electron chi connectivity index (χ0n) is 12.3. The predicted molar refractivity (Wildman–Crippen MR) is 30.8 cm³/mol. The summed E-state index contributed by atoms with van der Waals surface area (Å²) < 4.78 is 54.6. The van der Waals surface area contributed by atoms with Crippen LogP contribution in [0.1, 0.15) is 11.0 Å². The van der Waals surface area contributed by atoms with E-state index in [0.717, 1.165) is 0 Å². The molecule has 0 aromatic rings. The Kier molecular flexibility index (Phi) is 0.912. The first kappa shape index (κ1) is 2.17. The molecule has 0 radical (unpaired) electrons. The molecule has 0 amide bonds. The molecule has 4 nitrogen and oxygen atoms in total. The van der Waals surface area contributed by atoms with Gasteiger partial charge in [-0.15, -0.1) is 0 Å². The maximum atomic E-state index is 9.07. The minimum atomic E-state index is -4.19. The van der Waals surface area contributed by atoms with Gasteiger partial charge in [-0.05, 0) is 0 Å². The minimum Gasteiger partial charge on any atom is -0.396 e. The molecule has 0 bridgehead atoms. The van der Waals surface area contributed by atoms with Crippen molar-refractivity contribution in [2.75, 3.05) is 26.2 Å². The molecule has 0 saturated carbocycles. The molecular formula is C5H12O4.